The van der Waals surface area contributed by atoms with Gasteiger partial charge in [-0.3, -0.25) is 4.79 Å². The molecule has 23 heavy (non-hydrogen) atoms. The molecule has 0 radical (unpaired) electrons. The predicted octanol–water partition coefficient (Wildman–Crippen LogP) is 5.95. The number of hydrogen-bond donors (Lipinski definition) is 1. The van der Waals surface area contributed by atoms with Crippen LogP contribution in [0.15, 0.2) is 36.4 Å². The lowest BCUT2D eigenvalue weighted by Crippen LogP contribution is -2.10. The van der Waals surface area contributed by atoms with Gasteiger partial charge in [-0.15, -0.1) is 11.3 Å². The summed E-state index contributed by atoms with van der Waals surface area (Å²) in [4.78, 5) is 13.1. The number of thiophene rings is 1. The first-order valence-corrected chi connectivity index (χ1v) is 9.00. The monoisotopic (exact) mass is 361 g/mol. The number of carbonyl (C=O) groups excluding carboxylic acids is 1. The van der Waals surface area contributed by atoms with E-state index in [2.05, 4.69) is 17.4 Å². The summed E-state index contributed by atoms with van der Waals surface area (Å²) in [5.41, 5.74) is 3.54. The van der Waals surface area contributed by atoms with Crippen LogP contribution in [-0.2, 0) is 12.8 Å². The van der Waals surface area contributed by atoms with Gasteiger partial charge in [-0.1, -0.05) is 35.3 Å². The van der Waals surface area contributed by atoms with Gasteiger partial charge in [0.05, 0.1) is 5.02 Å². The summed E-state index contributed by atoms with van der Waals surface area (Å²) < 4.78 is 0.918. The van der Waals surface area contributed by atoms with Crippen molar-refractivity contribution in [2.24, 2.45) is 0 Å². The van der Waals surface area contributed by atoms with Gasteiger partial charge in [-0.05, 0) is 54.7 Å². The Kier molecular flexibility index (Phi) is 3.80. The molecular weight excluding hydrogens is 349 g/mol. The molecule has 1 aliphatic rings. The predicted molar refractivity (Wildman–Crippen MR) is 98.3 cm³/mol. The fraction of sp³-hybridized carbons (Fsp3) is 0.167. The Hall–Kier alpha value is -1.55. The van der Waals surface area contributed by atoms with E-state index in [9.17, 15) is 4.79 Å². The molecule has 3 aromatic rings. The molecule has 1 heterocycles. The fourth-order valence-corrected chi connectivity index (χ4v) is 4.71. The number of carbonyl (C=O) groups is 1. The fourth-order valence-electron chi connectivity index (χ4n) is 3.02. The third kappa shape index (κ3) is 2.74. The molecule has 1 aliphatic carbocycles. The Morgan fingerprint density at radius 1 is 1.04 bits per heavy atom. The lowest BCUT2D eigenvalue weighted by Gasteiger charge is -2.06. The molecule has 2 nitrogen and oxygen atoms in total. The third-order valence-corrected chi connectivity index (χ3v) is 6.05. The van der Waals surface area contributed by atoms with Gasteiger partial charge >= 0.3 is 0 Å². The molecule has 1 N–H and O–H groups in total. The number of amides is 1. The largest absolute Gasteiger partial charge is 0.321 e. The van der Waals surface area contributed by atoms with Gasteiger partial charge in [0.1, 0.15) is 4.88 Å². The highest BCUT2D eigenvalue weighted by Gasteiger charge is 2.18. The van der Waals surface area contributed by atoms with Crippen LogP contribution in [0.4, 0.5) is 5.69 Å². The minimum absolute atomic E-state index is 0.176. The summed E-state index contributed by atoms with van der Waals surface area (Å²) in [6.45, 7) is 0. The van der Waals surface area contributed by atoms with E-state index < -0.39 is 0 Å². The highest BCUT2D eigenvalue weighted by molar-refractivity contribution is 7.21. The van der Waals surface area contributed by atoms with Gasteiger partial charge in [0, 0.05) is 20.8 Å². The molecule has 1 aromatic heterocycles. The van der Waals surface area contributed by atoms with E-state index in [1.54, 1.807) is 6.07 Å². The topological polar surface area (TPSA) is 29.1 Å². The van der Waals surface area contributed by atoms with Crippen molar-refractivity contribution in [3.8, 4) is 0 Å². The van der Waals surface area contributed by atoms with Crippen LogP contribution in [0.5, 0.6) is 0 Å². The average molecular weight is 362 g/mol. The van der Waals surface area contributed by atoms with Crippen LogP contribution in [0.3, 0.4) is 0 Å². The number of anilines is 1. The maximum Gasteiger partial charge on any atom is 0.267 e. The second-order valence-corrected chi connectivity index (χ2v) is 7.54. The van der Waals surface area contributed by atoms with Crippen molar-refractivity contribution in [1.82, 2.24) is 0 Å². The number of rotatable bonds is 2. The maximum atomic E-state index is 12.6. The normalized spacial score (nSPS) is 13.3. The molecule has 0 saturated heterocycles. The first kappa shape index (κ1) is 15.0. The van der Waals surface area contributed by atoms with E-state index in [0.29, 0.717) is 14.9 Å². The lowest BCUT2D eigenvalue weighted by atomic mass is 10.1. The molecule has 1 amide bonds. The molecule has 4 rings (SSSR count). The van der Waals surface area contributed by atoms with Crippen LogP contribution in [0, 0.1) is 0 Å². The van der Waals surface area contributed by atoms with Gasteiger partial charge in [0.15, 0.2) is 0 Å². The number of benzene rings is 2. The number of halogens is 2. The Morgan fingerprint density at radius 2 is 1.87 bits per heavy atom. The Bertz CT molecular complexity index is 932. The Labute approximate surface area is 148 Å². The van der Waals surface area contributed by atoms with E-state index in [-0.39, 0.29) is 5.91 Å². The first-order chi connectivity index (χ1) is 11.1. The van der Waals surface area contributed by atoms with E-state index in [4.69, 9.17) is 23.2 Å². The molecule has 0 unspecified atom stereocenters. The zero-order valence-electron chi connectivity index (χ0n) is 12.2. The minimum atomic E-state index is -0.176. The minimum Gasteiger partial charge on any atom is -0.321 e. The smallest absolute Gasteiger partial charge is 0.267 e. The van der Waals surface area contributed by atoms with Gasteiger partial charge in [-0.2, -0.15) is 0 Å². The van der Waals surface area contributed by atoms with Crippen molar-refractivity contribution in [3.05, 3.63) is 62.4 Å². The number of fused-ring (bicyclic) bond motifs is 2. The van der Waals surface area contributed by atoms with Gasteiger partial charge in [0.2, 0.25) is 0 Å². The molecule has 2 aromatic carbocycles. The van der Waals surface area contributed by atoms with E-state index in [1.807, 2.05) is 18.2 Å². The van der Waals surface area contributed by atoms with Crippen molar-refractivity contribution < 1.29 is 4.79 Å². The molecule has 0 aliphatic heterocycles. The molecule has 116 valence electrons. The van der Waals surface area contributed by atoms with Crippen molar-refractivity contribution in [1.29, 1.82) is 0 Å². The quantitative estimate of drug-likeness (QED) is 0.600. The van der Waals surface area contributed by atoms with Crippen molar-refractivity contribution in [3.63, 3.8) is 0 Å². The average Bonchev–Trinajstić information content (AvgIpc) is 3.11. The Balaban J connectivity index is 1.65. The Morgan fingerprint density at radius 3 is 2.74 bits per heavy atom. The zero-order valence-corrected chi connectivity index (χ0v) is 14.5. The van der Waals surface area contributed by atoms with Crippen LogP contribution in [0.25, 0.3) is 10.1 Å². The van der Waals surface area contributed by atoms with Crippen LogP contribution >= 0.6 is 34.5 Å². The van der Waals surface area contributed by atoms with E-state index >= 15 is 0 Å². The van der Waals surface area contributed by atoms with Crippen molar-refractivity contribution >= 4 is 56.2 Å². The molecule has 0 spiro atoms. The maximum absolute atomic E-state index is 12.6. The highest BCUT2D eigenvalue weighted by Crippen LogP contribution is 2.37. The number of hydrogen-bond acceptors (Lipinski definition) is 2. The molecule has 0 atom stereocenters. The summed E-state index contributed by atoms with van der Waals surface area (Å²) in [6.07, 6.45) is 3.41. The van der Waals surface area contributed by atoms with Crippen LogP contribution in [-0.4, -0.2) is 5.91 Å². The van der Waals surface area contributed by atoms with Crippen LogP contribution in [0.2, 0.25) is 10.0 Å². The summed E-state index contributed by atoms with van der Waals surface area (Å²) in [5.74, 6) is -0.176. The lowest BCUT2D eigenvalue weighted by molar-refractivity contribution is 0.103. The van der Waals surface area contributed by atoms with E-state index in [0.717, 1.165) is 28.6 Å². The molecule has 0 bridgehead atoms. The SMILES string of the molecule is O=C(Nc1ccc2c(c1)CCC2)c1sc2cc(Cl)ccc2c1Cl. The second-order valence-electron chi connectivity index (χ2n) is 5.68. The molecule has 5 heteroatoms. The van der Waals surface area contributed by atoms with Gasteiger partial charge in [0.25, 0.3) is 5.91 Å². The summed E-state index contributed by atoms with van der Waals surface area (Å²) in [7, 11) is 0. The van der Waals surface area contributed by atoms with Crippen LogP contribution in [0.1, 0.15) is 27.2 Å². The third-order valence-electron chi connectivity index (χ3n) is 4.15. The van der Waals surface area contributed by atoms with Gasteiger partial charge in [-0.25, -0.2) is 0 Å². The zero-order chi connectivity index (χ0) is 16.0. The first-order valence-electron chi connectivity index (χ1n) is 7.42. The molecule has 0 saturated carbocycles. The number of aryl methyl sites for hydroxylation is 2. The van der Waals surface area contributed by atoms with Crippen molar-refractivity contribution in [2.45, 2.75) is 19.3 Å². The highest BCUT2D eigenvalue weighted by atomic mass is 35.5. The van der Waals surface area contributed by atoms with Crippen molar-refractivity contribution in [2.75, 3.05) is 5.32 Å². The molecular formula is C18H13Cl2NOS. The summed E-state index contributed by atoms with van der Waals surface area (Å²) in [6, 6.07) is 11.6. The van der Waals surface area contributed by atoms with E-state index in [1.165, 1.54) is 28.9 Å². The summed E-state index contributed by atoms with van der Waals surface area (Å²) >= 11 is 13.7. The number of nitrogens with one attached hydrogen (secondary N) is 1. The molecule has 0 fully saturated rings. The summed E-state index contributed by atoms with van der Waals surface area (Å²) in [5, 5.41) is 4.95. The standard InChI is InChI=1S/C18H13Cl2NOS/c19-12-5-7-14-15(9-12)23-17(16(14)20)18(22)21-13-6-4-10-2-1-3-11(10)8-13/h4-9H,1-3H2,(H,21,22). The second kappa shape index (κ2) is 5.82. The van der Waals surface area contributed by atoms with Gasteiger partial charge < -0.3 is 5.32 Å². The van der Waals surface area contributed by atoms with Crippen LogP contribution < -0.4 is 5.32 Å².